The van der Waals surface area contributed by atoms with E-state index in [0.717, 1.165) is 5.69 Å². The van der Waals surface area contributed by atoms with E-state index in [0.29, 0.717) is 0 Å². The zero-order valence-corrected chi connectivity index (χ0v) is 11.8. The third-order valence-corrected chi connectivity index (χ3v) is 3.52. The summed E-state index contributed by atoms with van der Waals surface area (Å²) in [5.74, 6) is 0. The van der Waals surface area contributed by atoms with Gasteiger partial charge in [0.15, 0.2) is 0 Å². The predicted molar refractivity (Wildman–Crippen MR) is 75.9 cm³/mol. The van der Waals surface area contributed by atoms with E-state index in [9.17, 15) is 0 Å². The van der Waals surface area contributed by atoms with Gasteiger partial charge in [0.2, 0.25) is 0 Å². The topological polar surface area (TPSA) is 29.9 Å². The second kappa shape index (κ2) is 4.84. The van der Waals surface area contributed by atoms with Crippen LogP contribution in [0, 0.1) is 20.8 Å². The highest BCUT2D eigenvalue weighted by Gasteiger charge is 2.16. The fourth-order valence-corrected chi connectivity index (χ4v) is 2.46. The van der Waals surface area contributed by atoms with E-state index < -0.39 is 0 Å². The summed E-state index contributed by atoms with van der Waals surface area (Å²) in [5, 5.41) is 8.04. The number of para-hydroxylation sites is 1. The third-order valence-electron chi connectivity index (χ3n) is 3.52. The molecule has 0 amide bonds. The molecule has 1 aromatic heterocycles. The van der Waals surface area contributed by atoms with E-state index in [1.54, 1.807) is 0 Å². The highest BCUT2D eigenvalue weighted by Crippen LogP contribution is 2.26. The van der Waals surface area contributed by atoms with E-state index in [4.69, 9.17) is 0 Å². The van der Waals surface area contributed by atoms with Gasteiger partial charge >= 0.3 is 0 Å². The van der Waals surface area contributed by atoms with Gasteiger partial charge in [-0.15, -0.1) is 0 Å². The first-order valence-electron chi connectivity index (χ1n) is 6.33. The van der Waals surface area contributed by atoms with Gasteiger partial charge in [0.05, 0.1) is 11.7 Å². The number of hydrogen-bond acceptors (Lipinski definition) is 2. The van der Waals surface area contributed by atoms with E-state index in [1.807, 2.05) is 11.7 Å². The molecule has 1 heterocycles. The second-order valence-electron chi connectivity index (χ2n) is 4.89. The van der Waals surface area contributed by atoms with Crippen LogP contribution in [0.2, 0.25) is 0 Å². The molecule has 1 atom stereocenters. The van der Waals surface area contributed by atoms with Crippen molar-refractivity contribution in [2.24, 2.45) is 7.05 Å². The Morgan fingerprint density at radius 2 is 1.83 bits per heavy atom. The van der Waals surface area contributed by atoms with Gasteiger partial charge in [-0.2, -0.15) is 5.10 Å². The number of nitrogens with one attached hydrogen (secondary N) is 1. The molecule has 1 N–H and O–H groups in total. The fraction of sp³-hybridized carbons (Fsp3) is 0.400. The zero-order valence-electron chi connectivity index (χ0n) is 11.8. The van der Waals surface area contributed by atoms with Gasteiger partial charge in [-0.05, 0) is 39.3 Å². The summed E-state index contributed by atoms with van der Waals surface area (Å²) in [5.41, 5.74) is 6.07. The molecule has 0 saturated carbocycles. The lowest BCUT2D eigenvalue weighted by atomic mass is 10.1. The van der Waals surface area contributed by atoms with Crippen molar-refractivity contribution in [2.75, 3.05) is 5.32 Å². The Bertz CT molecular complexity index is 555. The lowest BCUT2D eigenvalue weighted by molar-refractivity contribution is 0.728. The van der Waals surface area contributed by atoms with Crippen LogP contribution in [0.5, 0.6) is 0 Å². The van der Waals surface area contributed by atoms with Gasteiger partial charge in [-0.3, -0.25) is 4.68 Å². The number of hydrogen-bond donors (Lipinski definition) is 1. The van der Waals surface area contributed by atoms with E-state index >= 15 is 0 Å². The molecule has 3 nitrogen and oxygen atoms in total. The maximum atomic E-state index is 4.47. The third kappa shape index (κ3) is 2.26. The molecule has 0 spiro atoms. The number of benzene rings is 1. The minimum Gasteiger partial charge on any atom is -0.378 e. The summed E-state index contributed by atoms with van der Waals surface area (Å²) in [7, 11) is 1.99. The minimum absolute atomic E-state index is 0.264. The van der Waals surface area contributed by atoms with Crippen molar-refractivity contribution >= 4 is 5.69 Å². The maximum absolute atomic E-state index is 4.47. The molecule has 0 aliphatic rings. The molecule has 2 rings (SSSR count). The van der Waals surface area contributed by atoms with Crippen LogP contribution in [0.25, 0.3) is 0 Å². The van der Waals surface area contributed by atoms with Crippen molar-refractivity contribution in [3.8, 4) is 0 Å². The largest absolute Gasteiger partial charge is 0.378 e. The summed E-state index contributed by atoms with van der Waals surface area (Å²) >= 11 is 0. The average Bonchev–Trinajstić information content (AvgIpc) is 2.56. The average molecular weight is 243 g/mol. The van der Waals surface area contributed by atoms with Crippen LogP contribution in [-0.4, -0.2) is 9.78 Å². The van der Waals surface area contributed by atoms with Gasteiger partial charge in [0, 0.05) is 24.0 Å². The Morgan fingerprint density at radius 1 is 1.17 bits per heavy atom. The molecule has 1 unspecified atom stereocenters. The Kier molecular flexibility index (Phi) is 3.41. The molecular formula is C15H21N3. The smallest absolute Gasteiger partial charge is 0.0649 e. The Balaban J connectivity index is 2.28. The first-order valence-corrected chi connectivity index (χ1v) is 6.33. The van der Waals surface area contributed by atoms with Crippen LogP contribution in [-0.2, 0) is 7.05 Å². The lowest BCUT2D eigenvalue weighted by Crippen LogP contribution is -2.09. The standard InChI is InChI=1S/C15H21N3/c1-10-8-6-7-9-14(10)16-11(2)15-12(3)17-18(5)13(15)4/h6-9,11,16H,1-5H3. The number of rotatable bonds is 3. The molecule has 0 bridgehead atoms. The molecule has 2 aromatic rings. The molecule has 3 heteroatoms. The SMILES string of the molecule is Cc1ccccc1NC(C)c1c(C)nn(C)c1C. The minimum atomic E-state index is 0.264. The van der Waals surface area contributed by atoms with Crippen molar-refractivity contribution in [1.29, 1.82) is 0 Å². The molecule has 1 aromatic carbocycles. The van der Waals surface area contributed by atoms with Crippen LogP contribution in [0.15, 0.2) is 24.3 Å². The first-order chi connectivity index (χ1) is 8.50. The number of nitrogens with zero attached hydrogens (tertiary/aromatic N) is 2. The summed E-state index contributed by atoms with van der Waals surface area (Å²) < 4.78 is 1.95. The normalized spacial score (nSPS) is 12.5. The van der Waals surface area contributed by atoms with Crippen LogP contribution in [0.3, 0.4) is 0 Å². The molecule has 0 aliphatic carbocycles. The van der Waals surface area contributed by atoms with Crippen molar-refractivity contribution in [2.45, 2.75) is 33.7 Å². The highest BCUT2D eigenvalue weighted by atomic mass is 15.3. The van der Waals surface area contributed by atoms with Crippen molar-refractivity contribution in [1.82, 2.24) is 9.78 Å². The number of aryl methyl sites for hydroxylation is 3. The van der Waals surface area contributed by atoms with Crippen LogP contribution in [0.4, 0.5) is 5.69 Å². The second-order valence-corrected chi connectivity index (χ2v) is 4.89. The van der Waals surface area contributed by atoms with Crippen LogP contribution >= 0.6 is 0 Å². The molecule has 0 aliphatic heterocycles. The monoisotopic (exact) mass is 243 g/mol. The van der Waals surface area contributed by atoms with E-state index in [-0.39, 0.29) is 6.04 Å². The molecule has 18 heavy (non-hydrogen) atoms. The Labute approximate surface area is 109 Å². The maximum Gasteiger partial charge on any atom is 0.0649 e. The molecular weight excluding hydrogens is 222 g/mol. The van der Waals surface area contributed by atoms with E-state index in [2.05, 4.69) is 62.4 Å². The summed E-state index contributed by atoms with van der Waals surface area (Å²) in [6, 6.07) is 8.63. The predicted octanol–water partition coefficient (Wildman–Crippen LogP) is 3.52. The number of aromatic nitrogens is 2. The van der Waals surface area contributed by atoms with Crippen molar-refractivity contribution < 1.29 is 0 Å². The molecule has 96 valence electrons. The Hall–Kier alpha value is -1.77. The van der Waals surface area contributed by atoms with Gasteiger partial charge in [0.25, 0.3) is 0 Å². The first kappa shape index (κ1) is 12.7. The van der Waals surface area contributed by atoms with Gasteiger partial charge < -0.3 is 5.32 Å². The number of anilines is 1. The lowest BCUT2D eigenvalue weighted by Gasteiger charge is -2.17. The molecule has 0 saturated heterocycles. The Morgan fingerprint density at radius 3 is 2.39 bits per heavy atom. The summed E-state index contributed by atoms with van der Waals surface area (Å²) in [6.07, 6.45) is 0. The van der Waals surface area contributed by atoms with Crippen LogP contribution < -0.4 is 5.32 Å². The van der Waals surface area contributed by atoms with Gasteiger partial charge in [-0.25, -0.2) is 0 Å². The van der Waals surface area contributed by atoms with E-state index in [1.165, 1.54) is 22.5 Å². The fourth-order valence-electron chi connectivity index (χ4n) is 2.46. The molecule has 0 radical (unpaired) electrons. The van der Waals surface area contributed by atoms with Gasteiger partial charge in [0.1, 0.15) is 0 Å². The summed E-state index contributed by atoms with van der Waals surface area (Å²) in [4.78, 5) is 0. The highest BCUT2D eigenvalue weighted by molar-refractivity contribution is 5.52. The van der Waals surface area contributed by atoms with Crippen molar-refractivity contribution in [3.63, 3.8) is 0 Å². The summed E-state index contributed by atoms with van der Waals surface area (Å²) in [6.45, 7) is 8.49. The van der Waals surface area contributed by atoms with Gasteiger partial charge in [-0.1, -0.05) is 18.2 Å². The zero-order chi connectivity index (χ0) is 13.3. The quantitative estimate of drug-likeness (QED) is 0.894. The van der Waals surface area contributed by atoms with Crippen LogP contribution in [0.1, 0.15) is 35.5 Å². The van der Waals surface area contributed by atoms with Crippen molar-refractivity contribution in [3.05, 3.63) is 46.8 Å². The molecule has 0 fully saturated rings.